The Labute approximate surface area is 559 Å². The van der Waals surface area contributed by atoms with Crippen LogP contribution in [0, 0.1) is 0 Å². The van der Waals surface area contributed by atoms with Crippen LogP contribution in [0.15, 0.2) is 158 Å². The van der Waals surface area contributed by atoms with Crippen molar-refractivity contribution in [2.75, 3.05) is 26.4 Å². The topological polar surface area (TPSA) is 134 Å². The normalized spacial score (nSPS) is 13.8. The minimum absolute atomic E-state index is 0.0481. The lowest BCUT2D eigenvalue weighted by molar-refractivity contribution is -0.161. The Balaban J connectivity index is 3.89. The first-order chi connectivity index (χ1) is 44.8. The van der Waals surface area contributed by atoms with Gasteiger partial charge in [0.25, 0.3) is 0 Å². The molecule has 10 heteroatoms. The van der Waals surface area contributed by atoms with Gasteiger partial charge in [-0.2, -0.15) is 0 Å². The van der Waals surface area contributed by atoms with Gasteiger partial charge in [0.1, 0.15) is 6.61 Å². The van der Waals surface area contributed by atoms with E-state index in [0.717, 1.165) is 122 Å². The van der Waals surface area contributed by atoms with Gasteiger partial charge in [-0.3, -0.25) is 18.6 Å². The van der Waals surface area contributed by atoms with E-state index in [2.05, 4.69) is 172 Å². The Morgan fingerprint density at radius 3 is 0.846 bits per heavy atom. The molecule has 0 aromatic carbocycles. The Bertz CT molecular complexity index is 2050. The maximum absolute atomic E-state index is 12.8. The molecule has 2 atom stereocenters. The summed E-state index contributed by atoms with van der Waals surface area (Å²) in [5.41, 5.74) is 5.41. The summed E-state index contributed by atoms with van der Waals surface area (Å²) in [6, 6.07) is 0. The Morgan fingerprint density at radius 1 is 0.330 bits per heavy atom. The molecule has 3 N–H and O–H groups in total. The van der Waals surface area contributed by atoms with Crippen LogP contribution in [0.5, 0.6) is 0 Å². The molecule has 0 aliphatic heterocycles. The van der Waals surface area contributed by atoms with Crippen LogP contribution in [-0.2, 0) is 32.7 Å². The van der Waals surface area contributed by atoms with E-state index in [0.29, 0.717) is 6.42 Å². The van der Waals surface area contributed by atoms with Gasteiger partial charge in [-0.15, -0.1) is 0 Å². The van der Waals surface area contributed by atoms with Gasteiger partial charge in [-0.1, -0.05) is 332 Å². The highest BCUT2D eigenvalue weighted by Crippen LogP contribution is 2.43. The van der Waals surface area contributed by atoms with Crippen LogP contribution < -0.4 is 5.73 Å². The Morgan fingerprint density at radius 2 is 0.571 bits per heavy atom. The lowest BCUT2D eigenvalue weighted by atomic mass is 10.0. The summed E-state index contributed by atoms with van der Waals surface area (Å²) in [7, 11) is -4.40. The largest absolute Gasteiger partial charge is 0.472 e. The maximum atomic E-state index is 12.8. The summed E-state index contributed by atoms with van der Waals surface area (Å²) < 4.78 is 33.2. The van der Waals surface area contributed by atoms with Crippen LogP contribution in [0.25, 0.3) is 0 Å². The van der Waals surface area contributed by atoms with Crippen LogP contribution in [0.2, 0.25) is 0 Å². The van der Waals surface area contributed by atoms with Crippen molar-refractivity contribution in [2.24, 2.45) is 5.73 Å². The number of nitrogens with two attached hydrogens (primary N) is 1. The zero-order valence-electron chi connectivity index (χ0n) is 58.3. The zero-order valence-corrected chi connectivity index (χ0v) is 59.2. The maximum Gasteiger partial charge on any atom is 0.472 e. The summed E-state index contributed by atoms with van der Waals surface area (Å²) in [5.74, 6) is -0.827. The lowest BCUT2D eigenvalue weighted by Crippen LogP contribution is -2.29. The predicted octanol–water partition coefficient (Wildman–Crippen LogP) is 24.7. The molecule has 0 bridgehead atoms. The van der Waals surface area contributed by atoms with Crippen molar-refractivity contribution in [1.82, 2.24) is 0 Å². The smallest absolute Gasteiger partial charge is 0.462 e. The van der Waals surface area contributed by atoms with Crippen molar-refractivity contribution in [2.45, 2.75) is 315 Å². The number of rotatable bonds is 68. The summed E-state index contributed by atoms with van der Waals surface area (Å²) in [5, 5.41) is 0. The number of ether oxygens (including phenoxy) is 2. The van der Waals surface area contributed by atoms with E-state index in [1.54, 1.807) is 0 Å². The number of esters is 2. The molecule has 0 aliphatic carbocycles. The third kappa shape index (κ3) is 74.5. The molecule has 0 heterocycles. The molecular weight excluding hydrogens is 1150 g/mol. The molecule has 9 nitrogen and oxygen atoms in total. The first-order valence-electron chi connectivity index (χ1n) is 37.0. The van der Waals surface area contributed by atoms with E-state index in [1.807, 2.05) is 0 Å². The van der Waals surface area contributed by atoms with E-state index in [1.165, 1.54) is 154 Å². The minimum atomic E-state index is -4.40. The van der Waals surface area contributed by atoms with E-state index >= 15 is 0 Å². The van der Waals surface area contributed by atoms with Gasteiger partial charge in [0.15, 0.2) is 6.10 Å². The molecule has 0 aromatic heterocycles. The number of allylic oxidation sites excluding steroid dienone is 26. The molecule has 0 fully saturated rings. The fraction of sp³-hybridized carbons (Fsp3) is 0.654. The number of hydrogen-bond acceptors (Lipinski definition) is 8. The summed E-state index contributed by atoms with van der Waals surface area (Å²) in [6.45, 7) is 3.53. The molecule has 0 amide bonds. The quantitative estimate of drug-likeness (QED) is 0.0264. The number of phosphoric acid groups is 1. The van der Waals surface area contributed by atoms with Crippen molar-refractivity contribution >= 4 is 19.8 Å². The molecule has 0 saturated carbocycles. The first-order valence-corrected chi connectivity index (χ1v) is 38.5. The SMILES string of the molecule is CC/C=C\C/C=C\C/C=C\C/C=C\C/C=C\C/C=C\C/C=C\C/C=C\C/C=C\CCCCCCCCCCCCCCCC(=O)OC(COC(=O)CCCCCCCCCCCCCCCCCC/C=C\C/C=C\C/C=C\C/C=C\CC)COP(=O)(O)OCCN. The van der Waals surface area contributed by atoms with Crippen LogP contribution in [-0.4, -0.2) is 49.3 Å². The third-order valence-electron chi connectivity index (χ3n) is 15.4. The molecule has 0 aromatic rings. The van der Waals surface area contributed by atoms with Gasteiger partial charge in [0.2, 0.25) is 0 Å². The number of carbonyl (C=O) groups is 2. The van der Waals surface area contributed by atoms with Gasteiger partial charge in [0.05, 0.1) is 13.2 Å². The van der Waals surface area contributed by atoms with Crippen molar-refractivity contribution in [3.63, 3.8) is 0 Å². The van der Waals surface area contributed by atoms with Crippen molar-refractivity contribution in [3.8, 4) is 0 Å². The van der Waals surface area contributed by atoms with Crippen molar-refractivity contribution in [1.29, 1.82) is 0 Å². The highest BCUT2D eigenvalue weighted by Gasteiger charge is 2.26. The van der Waals surface area contributed by atoms with E-state index in [4.69, 9.17) is 24.3 Å². The summed E-state index contributed by atoms with van der Waals surface area (Å²) >= 11 is 0. The number of hydrogen-bond donors (Lipinski definition) is 2. The average molecular weight is 1280 g/mol. The number of unbranched alkanes of at least 4 members (excludes halogenated alkanes) is 29. The van der Waals surface area contributed by atoms with Crippen LogP contribution >= 0.6 is 7.82 Å². The lowest BCUT2D eigenvalue weighted by Gasteiger charge is -2.19. The molecular formula is C81H136NO8P. The van der Waals surface area contributed by atoms with Crippen molar-refractivity contribution in [3.05, 3.63) is 158 Å². The second-order valence-electron chi connectivity index (χ2n) is 24.0. The fourth-order valence-corrected chi connectivity index (χ4v) is 10.8. The molecule has 0 radical (unpaired) electrons. The molecule has 0 saturated heterocycles. The van der Waals surface area contributed by atoms with Gasteiger partial charge in [0, 0.05) is 19.4 Å². The molecule has 0 spiro atoms. The number of carbonyl (C=O) groups excluding carboxylic acids is 2. The van der Waals surface area contributed by atoms with E-state index < -0.39 is 26.5 Å². The Kier molecular flexibility index (Phi) is 71.1. The predicted molar refractivity (Wildman–Crippen MR) is 394 cm³/mol. The molecule has 0 rings (SSSR count). The van der Waals surface area contributed by atoms with Gasteiger partial charge in [-0.05, 0) is 122 Å². The number of phosphoric ester groups is 1. The van der Waals surface area contributed by atoms with Gasteiger partial charge in [-0.25, -0.2) is 4.57 Å². The molecule has 518 valence electrons. The zero-order chi connectivity index (χ0) is 65.8. The standard InChI is InChI=1S/C81H136NO8P/c1-3-5-7-9-11-13-15-17-19-21-23-25-27-29-31-33-34-35-36-37-38-39-40-41-42-43-44-46-48-50-52-54-56-58-60-62-64-66-68-70-72-74-81(84)90-79(78-89-91(85,86)88-76-75-82)77-87-80(83)73-71-69-67-65-63-61-59-57-55-53-51-49-47-45-32-30-28-26-24-22-20-18-16-14-12-10-8-6-4-2/h5-8,11-14,17-20,23-26,29,31,34-35,37-38,40-41,43-44,79H,3-4,9-10,15-16,21-22,27-28,30,32-33,36,39,42,45-78,82H2,1-2H3,(H,85,86)/b7-5-,8-6-,13-11-,14-12-,19-17-,20-18-,25-23-,26-24-,31-29-,35-34-,38-37-,41-40-,44-43-. The summed E-state index contributed by atoms with van der Waals surface area (Å²) in [4.78, 5) is 35.4. The van der Waals surface area contributed by atoms with E-state index in [9.17, 15) is 19.0 Å². The monoisotopic (exact) mass is 1280 g/mol. The second kappa shape index (κ2) is 74.7. The average Bonchev–Trinajstić information content (AvgIpc) is 3.74. The first kappa shape index (κ1) is 86.6. The van der Waals surface area contributed by atoms with Crippen LogP contribution in [0.3, 0.4) is 0 Å². The van der Waals surface area contributed by atoms with Gasteiger partial charge >= 0.3 is 19.8 Å². The van der Waals surface area contributed by atoms with Crippen LogP contribution in [0.1, 0.15) is 309 Å². The molecule has 0 aliphatic rings. The fourth-order valence-electron chi connectivity index (χ4n) is 10.0. The third-order valence-corrected chi connectivity index (χ3v) is 16.4. The highest BCUT2D eigenvalue weighted by molar-refractivity contribution is 7.47. The van der Waals surface area contributed by atoms with Crippen molar-refractivity contribution < 1.29 is 37.6 Å². The van der Waals surface area contributed by atoms with E-state index in [-0.39, 0.29) is 38.6 Å². The Hall–Kier alpha value is -4.37. The summed E-state index contributed by atoms with van der Waals surface area (Å²) in [6.07, 6.45) is 109. The molecule has 2 unspecified atom stereocenters. The second-order valence-corrected chi connectivity index (χ2v) is 25.5. The molecule has 91 heavy (non-hydrogen) atoms. The minimum Gasteiger partial charge on any atom is -0.462 e. The highest BCUT2D eigenvalue weighted by atomic mass is 31.2. The van der Waals surface area contributed by atoms with Crippen LogP contribution in [0.4, 0.5) is 0 Å². The van der Waals surface area contributed by atoms with Gasteiger partial charge < -0.3 is 20.1 Å².